The van der Waals surface area contributed by atoms with Crippen molar-refractivity contribution >= 4 is 11.6 Å². The van der Waals surface area contributed by atoms with Gasteiger partial charge in [0.15, 0.2) is 5.82 Å². The van der Waals surface area contributed by atoms with Crippen LogP contribution >= 0.6 is 0 Å². The van der Waals surface area contributed by atoms with E-state index in [0.717, 1.165) is 0 Å². The van der Waals surface area contributed by atoms with Gasteiger partial charge < -0.3 is 9.64 Å². The van der Waals surface area contributed by atoms with Gasteiger partial charge in [-0.2, -0.15) is 0 Å². The van der Waals surface area contributed by atoms with E-state index in [4.69, 9.17) is 4.74 Å². The molecule has 1 amide bonds. The number of fused-ring (bicyclic) bond motifs is 1. The molecule has 2 aromatic rings. The molecule has 104 valence electrons. The van der Waals surface area contributed by atoms with Crippen LogP contribution in [0.25, 0.3) is 0 Å². The maximum absolute atomic E-state index is 13.9. The van der Waals surface area contributed by atoms with Crippen molar-refractivity contribution in [3.8, 4) is 5.75 Å². The Bertz CT molecular complexity index is 615. The van der Waals surface area contributed by atoms with Crippen LogP contribution in [0.1, 0.15) is 6.42 Å². The molecule has 0 fully saturated rings. The molecule has 0 spiro atoms. The number of para-hydroxylation sites is 1. The fourth-order valence-electron chi connectivity index (χ4n) is 2.18. The molecule has 3 rings (SSSR count). The number of amides is 1. The molecule has 0 unspecified atom stereocenters. The van der Waals surface area contributed by atoms with E-state index in [1.54, 1.807) is 29.2 Å². The summed E-state index contributed by atoms with van der Waals surface area (Å²) in [6, 6.07) is 4.55. The third kappa shape index (κ3) is 2.34. The normalized spacial score (nSPS) is 13.8. The summed E-state index contributed by atoms with van der Waals surface area (Å²) < 4.78 is 20.8. The fraction of sp³-hybridized carbons (Fsp3) is 0.308. The van der Waals surface area contributed by atoms with Crippen molar-refractivity contribution in [2.45, 2.75) is 13.0 Å². The molecule has 2 heterocycles. The van der Waals surface area contributed by atoms with Gasteiger partial charge >= 0.3 is 0 Å². The van der Waals surface area contributed by atoms with E-state index >= 15 is 0 Å². The number of halogens is 1. The number of hydrogen-bond donors (Lipinski definition) is 0. The summed E-state index contributed by atoms with van der Waals surface area (Å²) >= 11 is 0. The Kier molecular flexibility index (Phi) is 3.32. The number of carbonyl (C=O) groups excluding carboxylic acids is 1. The van der Waals surface area contributed by atoms with Gasteiger partial charge in [-0.3, -0.25) is 9.48 Å². The molecule has 0 aliphatic carbocycles. The number of benzene rings is 1. The van der Waals surface area contributed by atoms with Crippen LogP contribution in [-0.4, -0.2) is 34.1 Å². The van der Waals surface area contributed by atoms with Crippen LogP contribution in [0.5, 0.6) is 5.75 Å². The van der Waals surface area contributed by atoms with E-state index in [1.807, 2.05) is 0 Å². The lowest BCUT2D eigenvalue weighted by molar-refractivity contribution is -0.119. The minimum Gasteiger partial charge on any atom is -0.489 e. The molecule has 0 saturated carbocycles. The first kappa shape index (κ1) is 12.6. The van der Waals surface area contributed by atoms with Crippen LogP contribution in [0.3, 0.4) is 0 Å². The highest BCUT2D eigenvalue weighted by molar-refractivity contribution is 5.95. The minimum atomic E-state index is -0.448. The Morgan fingerprint density at radius 2 is 2.35 bits per heavy atom. The molecule has 1 aliphatic rings. The summed E-state index contributed by atoms with van der Waals surface area (Å²) in [4.78, 5) is 13.7. The van der Waals surface area contributed by atoms with Crippen LogP contribution in [-0.2, 0) is 11.3 Å². The van der Waals surface area contributed by atoms with Crippen LogP contribution in [0.15, 0.2) is 30.6 Å². The minimum absolute atomic E-state index is 0.157. The van der Waals surface area contributed by atoms with Crippen LogP contribution in [0, 0.1) is 5.82 Å². The molecule has 0 saturated heterocycles. The molecule has 0 radical (unpaired) electrons. The third-order valence-corrected chi connectivity index (χ3v) is 3.12. The van der Waals surface area contributed by atoms with E-state index in [9.17, 15) is 9.18 Å². The number of nitrogens with zero attached hydrogens (tertiary/aromatic N) is 4. The topological polar surface area (TPSA) is 60.2 Å². The SMILES string of the molecule is O=C(CCn1ccnn1)N1CCOc2cccc(F)c21. The van der Waals surface area contributed by atoms with Gasteiger partial charge in [-0.25, -0.2) is 4.39 Å². The smallest absolute Gasteiger partial charge is 0.229 e. The molecular formula is C13H13FN4O2. The first-order valence-electron chi connectivity index (χ1n) is 6.31. The third-order valence-electron chi connectivity index (χ3n) is 3.12. The molecule has 0 bridgehead atoms. The Hall–Kier alpha value is -2.44. The second kappa shape index (κ2) is 5.28. The van der Waals surface area contributed by atoms with Crippen LogP contribution in [0.4, 0.5) is 10.1 Å². The number of aromatic nitrogens is 3. The van der Waals surface area contributed by atoms with E-state index < -0.39 is 5.82 Å². The Morgan fingerprint density at radius 1 is 1.45 bits per heavy atom. The van der Waals surface area contributed by atoms with E-state index in [0.29, 0.717) is 25.4 Å². The standard InChI is InChI=1S/C13H13FN4O2/c14-10-2-1-3-11-13(10)18(8-9-20-11)12(19)4-6-17-7-5-15-16-17/h1-3,5,7H,4,6,8-9H2. The van der Waals surface area contributed by atoms with Gasteiger partial charge in [-0.05, 0) is 12.1 Å². The monoisotopic (exact) mass is 276 g/mol. The predicted octanol–water partition coefficient (Wildman–Crippen LogP) is 1.23. The van der Waals surface area contributed by atoms with Crippen molar-refractivity contribution < 1.29 is 13.9 Å². The zero-order chi connectivity index (χ0) is 13.9. The van der Waals surface area contributed by atoms with Gasteiger partial charge in [0.05, 0.1) is 19.3 Å². The predicted molar refractivity (Wildman–Crippen MR) is 68.9 cm³/mol. The highest BCUT2D eigenvalue weighted by Gasteiger charge is 2.26. The lowest BCUT2D eigenvalue weighted by atomic mass is 10.2. The number of ether oxygens (including phenoxy) is 1. The molecule has 1 aromatic heterocycles. The lowest BCUT2D eigenvalue weighted by Gasteiger charge is -2.29. The molecule has 6 nitrogen and oxygen atoms in total. The molecule has 7 heteroatoms. The summed E-state index contributed by atoms with van der Waals surface area (Å²) in [5.74, 6) is -0.197. The van der Waals surface area contributed by atoms with Crippen molar-refractivity contribution in [1.82, 2.24) is 15.0 Å². The number of rotatable bonds is 3. The quantitative estimate of drug-likeness (QED) is 0.846. The Balaban J connectivity index is 1.76. The average Bonchev–Trinajstić information content (AvgIpc) is 2.98. The average molecular weight is 276 g/mol. The van der Waals surface area contributed by atoms with Crippen molar-refractivity contribution in [2.75, 3.05) is 18.1 Å². The zero-order valence-corrected chi connectivity index (χ0v) is 10.7. The van der Waals surface area contributed by atoms with Crippen molar-refractivity contribution in [1.29, 1.82) is 0 Å². The number of anilines is 1. The van der Waals surface area contributed by atoms with Crippen molar-refractivity contribution in [3.05, 3.63) is 36.4 Å². The van der Waals surface area contributed by atoms with Crippen LogP contribution < -0.4 is 9.64 Å². The Labute approximate surface area is 114 Å². The lowest BCUT2D eigenvalue weighted by Crippen LogP contribution is -2.39. The highest BCUT2D eigenvalue weighted by atomic mass is 19.1. The van der Waals surface area contributed by atoms with Gasteiger partial charge in [-0.1, -0.05) is 11.3 Å². The van der Waals surface area contributed by atoms with E-state index in [-0.39, 0.29) is 18.0 Å². The number of carbonyl (C=O) groups is 1. The molecular weight excluding hydrogens is 263 g/mol. The van der Waals surface area contributed by atoms with Gasteiger partial charge in [0.2, 0.25) is 5.91 Å². The van der Waals surface area contributed by atoms with Crippen molar-refractivity contribution in [2.24, 2.45) is 0 Å². The molecule has 1 aromatic carbocycles. The van der Waals surface area contributed by atoms with Gasteiger partial charge in [0.1, 0.15) is 18.0 Å². The molecule has 0 atom stereocenters. The molecule has 20 heavy (non-hydrogen) atoms. The van der Waals surface area contributed by atoms with Gasteiger partial charge in [-0.15, -0.1) is 5.10 Å². The van der Waals surface area contributed by atoms with E-state index in [1.165, 1.54) is 11.0 Å². The summed E-state index contributed by atoms with van der Waals surface area (Å²) in [5, 5.41) is 7.46. The molecule has 0 N–H and O–H groups in total. The van der Waals surface area contributed by atoms with Crippen molar-refractivity contribution in [3.63, 3.8) is 0 Å². The maximum atomic E-state index is 13.9. The summed E-state index contributed by atoms with van der Waals surface area (Å²) in [7, 11) is 0. The summed E-state index contributed by atoms with van der Waals surface area (Å²) in [6.45, 7) is 1.13. The van der Waals surface area contributed by atoms with E-state index in [2.05, 4.69) is 10.3 Å². The second-order valence-corrected chi connectivity index (χ2v) is 4.40. The van der Waals surface area contributed by atoms with Gasteiger partial charge in [0, 0.05) is 12.6 Å². The molecule has 1 aliphatic heterocycles. The van der Waals surface area contributed by atoms with Gasteiger partial charge in [0.25, 0.3) is 0 Å². The number of aryl methyl sites for hydroxylation is 1. The summed E-state index contributed by atoms with van der Waals surface area (Å²) in [6.07, 6.45) is 3.46. The second-order valence-electron chi connectivity index (χ2n) is 4.40. The zero-order valence-electron chi connectivity index (χ0n) is 10.7. The first-order valence-corrected chi connectivity index (χ1v) is 6.31. The highest BCUT2D eigenvalue weighted by Crippen LogP contribution is 2.34. The first-order chi connectivity index (χ1) is 9.75. The number of hydrogen-bond acceptors (Lipinski definition) is 4. The largest absolute Gasteiger partial charge is 0.489 e. The Morgan fingerprint density at radius 3 is 3.15 bits per heavy atom. The summed E-state index contributed by atoms with van der Waals surface area (Å²) in [5.41, 5.74) is 0.224. The fourth-order valence-corrected chi connectivity index (χ4v) is 2.18. The maximum Gasteiger partial charge on any atom is 0.229 e. The van der Waals surface area contributed by atoms with Crippen LogP contribution in [0.2, 0.25) is 0 Å².